The van der Waals surface area contributed by atoms with Gasteiger partial charge in [-0.05, 0) is 12.5 Å². The molecule has 0 bridgehead atoms. The van der Waals surface area contributed by atoms with Gasteiger partial charge in [0.25, 0.3) is 5.56 Å². The topological polar surface area (TPSA) is 79.0 Å². The van der Waals surface area contributed by atoms with Crippen molar-refractivity contribution in [3.63, 3.8) is 0 Å². The highest BCUT2D eigenvalue weighted by Crippen LogP contribution is 2.09. The van der Waals surface area contributed by atoms with E-state index in [-0.39, 0.29) is 18.7 Å². The molecule has 0 aliphatic heterocycles. The van der Waals surface area contributed by atoms with Crippen LogP contribution >= 0.6 is 0 Å². The summed E-state index contributed by atoms with van der Waals surface area (Å²) in [4.78, 5) is 28.2. The van der Waals surface area contributed by atoms with E-state index in [1.807, 2.05) is 30.3 Å². The van der Waals surface area contributed by atoms with Crippen LogP contribution in [0.25, 0.3) is 11.0 Å². The number of fused-ring (bicyclic) bond motifs is 1. The average molecular weight is 312 g/mol. The lowest BCUT2D eigenvalue weighted by Crippen LogP contribution is -2.25. The van der Waals surface area contributed by atoms with Crippen molar-refractivity contribution < 1.29 is 9.53 Å². The fourth-order valence-corrected chi connectivity index (χ4v) is 2.33. The number of benzene rings is 1. The number of ether oxygens (including phenoxy) is 1. The Morgan fingerprint density at radius 3 is 2.78 bits per heavy atom. The smallest absolute Gasteiger partial charge is 0.326 e. The van der Waals surface area contributed by atoms with E-state index in [0.29, 0.717) is 17.6 Å². The van der Waals surface area contributed by atoms with Gasteiger partial charge in [0, 0.05) is 0 Å². The highest BCUT2D eigenvalue weighted by molar-refractivity contribution is 5.74. The highest BCUT2D eigenvalue weighted by atomic mass is 16.5. The zero-order chi connectivity index (χ0) is 16.2. The van der Waals surface area contributed by atoms with Gasteiger partial charge in [-0.3, -0.25) is 14.2 Å². The van der Waals surface area contributed by atoms with Crippen LogP contribution in [0, 0.1) is 0 Å². The van der Waals surface area contributed by atoms with E-state index in [2.05, 4.69) is 10.1 Å². The summed E-state index contributed by atoms with van der Waals surface area (Å²) in [5, 5.41) is 4.61. The first kappa shape index (κ1) is 15.0. The summed E-state index contributed by atoms with van der Waals surface area (Å²) in [6, 6.07) is 9.80. The van der Waals surface area contributed by atoms with Crippen LogP contribution < -0.4 is 5.56 Å². The van der Waals surface area contributed by atoms with Gasteiger partial charge in [-0.2, -0.15) is 5.10 Å². The zero-order valence-electron chi connectivity index (χ0n) is 12.7. The van der Waals surface area contributed by atoms with Gasteiger partial charge < -0.3 is 4.74 Å². The van der Waals surface area contributed by atoms with Crippen LogP contribution in [0.5, 0.6) is 0 Å². The summed E-state index contributed by atoms with van der Waals surface area (Å²) in [7, 11) is 0. The van der Waals surface area contributed by atoms with Gasteiger partial charge in [-0.1, -0.05) is 30.3 Å². The number of nitrogens with zero attached hydrogens (tertiary/aromatic N) is 4. The molecular formula is C16H16N4O3. The number of rotatable bonds is 5. The van der Waals surface area contributed by atoms with Gasteiger partial charge in [-0.25, -0.2) is 9.67 Å². The van der Waals surface area contributed by atoms with Crippen molar-refractivity contribution in [3.05, 3.63) is 58.8 Å². The van der Waals surface area contributed by atoms with Crippen LogP contribution in [0.15, 0.2) is 47.7 Å². The molecular weight excluding hydrogens is 296 g/mol. The van der Waals surface area contributed by atoms with Gasteiger partial charge in [0.2, 0.25) is 0 Å². The van der Waals surface area contributed by atoms with Crippen molar-refractivity contribution in [1.82, 2.24) is 19.3 Å². The molecule has 7 heteroatoms. The van der Waals surface area contributed by atoms with Crippen molar-refractivity contribution in [2.75, 3.05) is 6.61 Å². The molecule has 3 rings (SSSR count). The zero-order valence-corrected chi connectivity index (χ0v) is 12.7. The molecule has 1 aromatic carbocycles. The van der Waals surface area contributed by atoms with Crippen molar-refractivity contribution in [2.24, 2.45) is 0 Å². The third-order valence-electron chi connectivity index (χ3n) is 3.40. The largest absolute Gasteiger partial charge is 0.465 e. The lowest BCUT2D eigenvalue weighted by molar-refractivity contribution is -0.143. The molecule has 118 valence electrons. The SMILES string of the molecule is CCOC(=O)Cn1cnc2c(cnn2Cc2ccccc2)c1=O. The van der Waals surface area contributed by atoms with Crippen LogP contribution in [-0.4, -0.2) is 31.9 Å². The molecule has 0 fully saturated rings. The molecule has 0 amide bonds. The van der Waals surface area contributed by atoms with Gasteiger partial charge in [0.05, 0.1) is 19.3 Å². The Morgan fingerprint density at radius 2 is 2.04 bits per heavy atom. The predicted molar refractivity (Wildman–Crippen MR) is 84.0 cm³/mol. The van der Waals surface area contributed by atoms with E-state index in [1.54, 1.807) is 11.6 Å². The highest BCUT2D eigenvalue weighted by Gasteiger charge is 2.12. The molecule has 0 radical (unpaired) electrons. The second kappa shape index (κ2) is 6.43. The maximum absolute atomic E-state index is 12.4. The van der Waals surface area contributed by atoms with E-state index in [1.165, 1.54) is 17.1 Å². The standard InChI is InChI=1S/C16H16N4O3/c1-2-23-14(21)10-19-11-17-15-13(16(19)22)8-18-20(15)9-12-6-4-3-5-7-12/h3-8,11H,2,9-10H2,1H3. The second-order valence-electron chi connectivity index (χ2n) is 5.01. The van der Waals surface area contributed by atoms with Crippen LogP contribution in [0.1, 0.15) is 12.5 Å². The van der Waals surface area contributed by atoms with Crippen LogP contribution in [0.3, 0.4) is 0 Å². The number of carbonyl (C=O) groups is 1. The first-order chi connectivity index (χ1) is 11.2. The fraction of sp³-hybridized carbons (Fsp3) is 0.250. The maximum Gasteiger partial charge on any atom is 0.326 e. The van der Waals surface area contributed by atoms with Crippen LogP contribution in [0.4, 0.5) is 0 Å². The van der Waals surface area contributed by atoms with Crippen molar-refractivity contribution >= 4 is 17.0 Å². The molecule has 23 heavy (non-hydrogen) atoms. The predicted octanol–water partition coefficient (Wildman–Crippen LogP) is 1.20. The molecule has 2 heterocycles. The number of hydrogen-bond donors (Lipinski definition) is 0. The molecule has 2 aromatic heterocycles. The molecule has 0 saturated carbocycles. The Kier molecular flexibility index (Phi) is 4.18. The maximum atomic E-state index is 12.4. The third-order valence-corrected chi connectivity index (χ3v) is 3.40. The molecule has 0 atom stereocenters. The summed E-state index contributed by atoms with van der Waals surface area (Å²) in [5.74, 6) is -0.465. The monoisotopic (exact) mass is 312 g/mol. The second-order valence-corrected chi connectivity index (χ2v) is 5.01. The first-order valence-electron chi connectivity index (χ1n) is 7.29. The minimum absolute atomic E-state index is 0.153. The lowest BCUT2D eigenvalue weighted by atomic mass is 10.2. The molecule has 3 aromatic rings. The Balaban J connectivity index is 1.92. The molecule has 7 nitrogen and oxygen atoms in total. The number of hydrogen-bond acceptors (Lipinski definition) is 5. The quantitative estimate of drug-likeness (QED) is 0.662. The molecule has 0 aliphatic rings. The molecule has 0 aliphatic carbocycles. The summed E-state index contributed by atoms with van der Waals surface area (Å²) in [6.07, 6.45) is 2.83. The van der Waals surface area contributed by atoms with E-state index >= 15 is 0 Å². The average Bonchev–Trinajstić information content (AvgIpc) is 2.95. The summed E-state index contributed by atoms with van der Waals surface area (Å²) in [5.41, 5.74) is 1.26. The van der Waals surface area contributed by atoms with Gasteiger partial charge in [-0.15, -0.1) is 0 Å². The Labute approximate surface area is 132 Å². The Bertz CT molecular complexity index is 883. The molecule has 0 saturated heterocycles. The minimum Gasteiger partial charge on any atom is -0.465 e. The third kappa shape index (κ3) is 3.13. The fourth-order valence-electron chi connectivity index (χ4n) is 2.33. The van der Waals surface area contributed by atoms with Gasteiger partial charge >= 0.3 is 5.97 Å². The van der Waals surface area contributed by atoms with E-state index in [9.17, 15) is 9.59 Å². The molecule has 0 N–H and O–H groups in total. The molecule has 0 spiro atoms. The van der Waals surface area contributed by atoms with Crippen LogP contribution in [0.2, 0.25) is 0 Å². The first-order valence-corrected chi connectivity index (χ1v) is 7.29. The van der Waals surface area contributed by atoms with Crippen molar-refractivity contribution in [1.29, 1.82) is 0 Å². The Hall–Kier alpha value is -2.96. The van der Waals surface area contributed by atoms with Crippen molar-refractivity contribution in [3.8, 4) is 0 Å². The Morgan fingerprint density at radius 1 is 1.26 bits per heavy atom. The molecule has 0 unspecified atom stereocenters. The lowest BCUT2D eigenvalue weighted by Gasteiger charge is -2.06. The number of aromatic nitrogens is 4. The van der Waals surface area contributed by atoms with E-state index in [0.717, 1.165) is 5.56 Å². The minimum atomic E-state index is -0.465. The number of carbonyl (C=O) groups excluding carboxylic acids is 1. The summed E-state index contributed by atoms with van der Waals surface area (Å²) in [6.45, 7) is 2.37. The summed E-state index contributed by atoms with van der Waals surface area (Å²) < 4.78 is 7.75. The van der Waals surface area contributed by atoms with Gasteiger partial charge in [0.15, 0.2) is 5.65 Å². The van der Waals surface area contributed by atoms with Gasteiger partial charge in [0.1, 0.15) is 18.3 Å². The van der Waals surface area contributed by atoms with E-state index in [4.69, 9.17) is 4.74 Å². The number of esters is 1. The van der Waals surface area contributed by atoms with E-state index < -0.39 is 5.97 Å². The van der Waals surface area contributed by atoms with Crippen LogP contribution in [-0.2, 0) is 22.6 Å². The normalized spacial score (nSPS) is 10.8. The van der Waals surface area contributed by atoms with Crippen molar-refractivity contribution in [2.45, 2.75) is 20.0 Å². The summed E-state index contributed by atoms with van der Waals surface area (Å²) >= 11 is 0.